The molecule has 3 aromatic carbocycles. The van der Waals surface area contributed by atoms with Gasteiger partial charge in [0.1, 0.15) is 5.52 Å². The highest BCUT2D eigenvalue weighted by molar-refractivity contribution is 5.92. The van der Waals surface area contributed by atoms with Gasteiger partial charge < -0.3 is 19.2 Å². The van der Waals surface area contributed by atoms with E-state index in [1.54, 1.807) is 20.4 Å². The van der Waals surface area contributed by atoms with Crippen LogP contribution in [0.15, 0.2) is 77.3 Å². The summed E-state index contributed by atoms with van der Waals surface area (Å²) < 4.78 is 16.6. The number of anilines is 1. The molecular weight excluding hydrogens is 456 g/mol. The van der Waals surface area contributed by atoms with Crippen molar-refractivity contribution in [1.29, 1.82) is 0 Å². The molecule has 0 unspecified atom stereocenters. The van der Waals surface area contributed by atoms with Gasteiger partial charge in [0.2, 0.25) is 11.8 Å². The number of ether oxygens (including phenoxy) is 2. The number of H-pyrrole nitrogens is 1. The number of hydrogen-bond donors (Lipinski definition) is 2. The van der Waals surface area contributed by atoms with E-state index in [2.05, 4.69) is 20.5 Å². The normalized spacial score (nSPS) is 10.9. The molecule has 0 saturated carbocycles. The van der Waals surface area contributed by atoms with E-state index in [1.165, 1.54) is 0 Å². The molecule has 0 aliphatic carbocycles. The molecule has 5 rings (SSSR count). The molecule has 0 saturated heterocycles. The maximum absolute atomic E-state index is 12.6. The third-order valence-electron chi connectivity index (χ3n) is 5.92. The Labute approximate surface area is 208 Å². The van der Waals surface area contributed by atoms with Crippen LogP contribution in [0.1, 0.15) is 18.4 Å². The fourth-order valence-corrected chi connectivity index (χ4v) is 4.12. The first-order chi connectivity index (χ1) is 17.6. The van der Waals surface area contributed by atoms with Gasteiger partial charge in [0.25, 0.3) is 0 Å². The van der Waals surface area contributed by atoms with Crippen molar-refractivity contribution >= 4 is 22.7 Å². The second kappa shape index (κ2) is 10.4. The second-order valence-electron chi connectivity index (χ2n) is 8.32. The zero-order valence-corrected chi connectivity index (χ0v) is 20.1. The van der Waals surface area contributed by atoms with Crippen molar-refractivity contribution in [3.63, 3.8) is 0 Å². The van der Waals surface area contributed by atoms with Crippen LogP contribution in [-0.4, -0.2) is 35.3 Å². The van der Waals surface area contributed by atoms with Gasteiger partial charge in [-0.05, 0) is 54.8 Å². The Morgan fingerprint density at radius 2 is 1.86 bits per heavy atom. The third-order valence-corrected chi connectivity index (χ3v) is 5.92. The second-order valence-corrected chi connectivity index (χ2v) is 8.32. The van der Waals surface area contributed by atoms with Crippen LogP contribution in [-0.2, 0) is 11.2 Å². The number of para-hydroxylation sites is 2. The predicted octanol–water partition coefficient (Wildman–Crippen LogP) is 5.86. The maximum atomic E-state index is 12.6. The average Bonchev–Trinajstić information content (AvgIpc) is 3.56. The molecule has 0 atom stereocenters. The fraction of sp³-hybridized carbons (Fsp3) is 0.179. The van der Waals surface area contributed by atoms with Gasteiger partial charge in [0, 0.05) is 17.7 Å². The van der Waals surface area contributed by atoms with Gasteiger partial charge in [0.15, 0.2) is 17.1 Å². The quantitative estimate of drug-likeness (QED) is 0.273. The number of rotatable bonds is 9. The van der Waals surface area contributed by atoms with Crippen LogP contribution in [0.25, 0.3) is 33.8 Å². The number of aromatic nitrogens is 3. The minimum absolute atomic E-state index is 0.0450. The molecule has 5 aromatic rings. The van der Waals surface area contributed by atoms with Crippen molar-refractivity contribution in [2.75, 3.05) is 19.5 Å². The summed E-state index contributed by atoms with van der Waals surface area (Å²) in [4.78, 5) is 17.2. The summed E-state index contributed by atoms with van der Waals surface area (Å²) >= 11 is 0. The van der Waals surface area contributed by atoms with Crippen molar-refractivity contribution in [3.05, 3.63) is 78.5 Å². The van der Waals surface area contributed by atoms with Gasteiger partial charge in [-0.15, -0.1) is 0 Å². The number of methoxy groups -OCH3 is 2. The van der Waals surface area contributed by atoms with Crippen LogP contribution in [0.3, 0.4) is 0 Å². The van der Waals surface area contributed by atoms with Gasteiger partial charge in [-0.1, -0.05) is 30.3 Å². The lowest BCUT2D eigenvalue weighted by atomic mass is 10.1. The Kier molecular flexibility index (Phi) is 6.66. The number of benzene rings is 3. The van der Waals surface area contributed by atoms with Crippen molar-refractivity contribution in [2.24, 2.45) is 0 Å². The van der Waals surface area contributed by atoms with Crippen LogP contribution < -0.4 is 14.8 Å². The van der Waals surface area contributed by atoms with E-state index >= 15 is 0 Å². The number of nitrogens with zero attached hydrogens (tertiary/aromatic N) is 2. The third kappa shape index (κ3) is 4.93. The van der Waals surface area contributed by atoms with Gasteiger partial charge >= 0.3 is 0 Å². The Hall–Kier alpha value is -4.59. The highest BCUT2D eigenvalue weighted by Gasteiger charge is 2.16. The summed E-state index contributed by atoms with van der Waals surface area (Å²) in [7, 11) is 3.22. The number of carbonyl (C=O) groups is 1. The molecule has 0 bridgehead atoms. The van der Waals surface area contributed by atoms with Crippen molar-refractivity contribution < 1.29 is 18.7 Å². The van der Waals surface area contributed by atoms with Gasteiger partial charge in [0.05, 0.1) is 31.7 Å². The van der Waals surface area contributed by atoms with E-state index in [0.29, 0.717) is 41.5 Å². The van der Waals surface area contributed by atoms with Crippen LogP contribution in [0, 0.1) is 0 Å². The minimum atomic E-state index is -0.0450. The highest BCUT2D eigenvalue weighted by atomic mass is 16.5. The number of fused-ring (bicyclic) bond motifs is 1. The van der Waals surface area contributed by atoms with Crippen molar-refractivity contribution in [1.82, 2.24) is 15.2 Å². The van der Waals surface area contributed by atoms with Gasteiger partial charge in [-0.2, -0.15) is 5.10 Å². The standard InChI is InChI=1S/C28H26N4O4/c1-34-24-14-13-18(15-25(24)35-2)7-5-12-26(33)30-20-9-6-8-19(16-20)27-21(17-29-32-27)28-31-22-10-3-4-11-23(22)36-28/h3-4,6,8-11,13-17H,5,7,12H2,1-2H3,(H,29,32)(H,30,33). The number of nitrogens with one attached hydrogen (secondary N) is 2. The number of oxazole rings is 1. The first kappa shape index (κ1) is 23.2. The fourth-order valence-electron chi connectivity index (χ4n) is 4.12. The monoisotopic (exact) mass is 482 g/mol. The SMILES string of the molecule is COc1ccc(CCCC(=O)Nc2cccc(-c3[nH]ncc3-c3nc4ccccc4o3)c2)cc1OC. The first-order valence-electron chi connectivity index (χ1n) is 11.6. The molecule has 8 nitrogen and oxygen atoms in total. The molecule has 0 radical (unpaired) electrons. The highest BCUT2D eigenvalue weighted by Crippen LogP contribution is 2.33. The van der Waals surface area contributed by atoms with Crippen LogP contribution in [0.2, 0.25) is 0 Å². The number of aryl methyl sites for hydroxylation is 1. The lowest BCUT2D eigenvalue weighted by Crippen LogP contribution is -2.11. The molecule has 2 aromatic heterocycles. The van der Waals surface area contributed by atoms with Gasteiger partial charge in [-0.3, -0.25) is 9.89 Å². The van der Waals surface area contributed by atoms with Gasteiger partial charge in [-0.25, -0.2) is 4.98 Å². The Morgan fingerprint density at radius 3 is 2.69 bits per heavy atom. The summed E-state index contributed by atoms with van der Waals surface area (Å²) in [5.74, 6) is 1.82. The van der Waals surface area contributed by atoms with E-state index < -0.39 is 0 Å². The van der Waals surface area contributed by atoms with E-state index in [4.69, 9.17) is 13.9 Å². The zero-order chi connectivity index (χ0) is 24.9. The van der Waals surface area contributed by atoms with Crippen LogP contribution >= 0.6 is 0 Å². The molecule has 182 valence electrons. The van der Waals surface area contributed by atoms with Crippen LogP contribution in [0.5, 0.6) is 11.5 Å². The lowest BCUT2D eigenvalue weighted by molar-refractivity contribution is -0.116. The number of carbonyl (C=O) groups excluding carboxylic acids is 1. The number of aromatic amines is 1. The number of amides is 1. The maximum Gasteiger partial charge on any atom is 0.231 e. The number of hydrogen-bond acceptors (Lipinski definition) is 6. The molecule has 2 heterocycles. The molecule has 1 amide bonds. The summed E-state index contributed by atoms with van der Waals surface area (Å²) in [6.07, 6.45) is 3.56. The van der Waals surface area contributed by atoms with E-state index in [0.717, 1.165) is 34.3 Å². The molecule has 36 heavy (non-hydrogen) atoms. The summed E-state index contributed by atoms with van der Waals surface area (Å²) in [6, 6.07) is 21.1. The zero-order valence-electron chi connectivity index (χ0n) is 20.1. The molecule has 0 fully saturated rings. The first-order valence-corrected chi connectivity index (χ1v) is 11.6. The smallest absolute Gasteiger partial charge is 0.231 e. The summed E-state index contributed by atoms with van der Waals surface area (Å²) in [5.41, 5.74) is 5.70. The molecule has 0 aliphatic heterocycles. The minimum Gasteiger partial charge on any atom is -0.493 e. The van der Waals surface area contributed by atoms with E-state index in [-0.39, 0.29) is 5.91 Å². The topological polar surface area (TPSA) is 102 Å². The predicted molar refractivity (Wildman–Crippen MR) is 138 cm³/mol. The Balaban J connectivity index is 1.24. The lowest BCUT2D eigenvalue weighted by Gasteiger charge is -2.10. The largest absolute Gasteiger partial charge is 0.493 e. The molecule has 2 N–H and O–H groups in total. The molecular formula is C28H26N4O4. The Morgan fingerprint density at radius 1 is 1.00 bits per heavy atom. The average molecular weight is 483 g/mol. The van der Waals surface area contributed by atoms with Crippen molar-refractivity contribution in [3.8, 4) is 34.2 Å². The molecule has 0 spiro atoms. The van der Waals surface area contributed by atoms with Crippen LogP contribution in [0.4, 0.5) is 5.69 Å². The van der Waals surface area contributed by atoms with E-state index in [9.17, 15) is 4.79 Å². The summed E-state index contributed by atoms with van der Waals surface area (Å²) in [5, 5.41) is 10.2. The van der Waals surface area contributed by atoms with Crippen molar-refractivity contribution in [2.45, 2.75) is 19.3 Å². The van der Waals surface area contributed by atoms with E-state index in [1.807, 2.05) is 66.7 Å². The Bertz CT molecular complexity index is 1470. The molecule has 8 heteroatoms. The molecule has 0 aliphatic rings. The summed E-state index contributed by atoms with van der Waals surface area (Å²) in [6.45, 7) is 0.